The number of benzene rings is 1. The lowest BCUT2D eigenvalue weighted by Crippen LogP contribution is -2.43. The van der Waals surface area contributed by atoms with E-state index in [9.17, 15) is 0 Å². The molecule has 0 spiro atoms. The van der Waals surface area contributed by atoms with Crippen molar-refractivity contribution in [1.82, 2.24) is 10.6 Å². The summed E-state index contributed by atoms with van der Waals surface area (Å²) in [4.78, 5) is 4.17. The molecule has 0 aliphatic rings. The van der Waals surface area contributed by atoms with Gasteiger partial charge in [-0.3, -0.25) is 4.99 Å². The highest BCUT2D eigenvalue weighted by molar-refractivity contribution is 6.30. The number of rotatable bonds is 6. The summed E-state index contributed by atoms with van der Waals surface area (Å²) in [6.07, 6.45) is 0. The molecular weight excluding hydrogens is 278 g/mol. The highest BCUT2D eigenvalue weighted by atomic mass is 35.5. The van der Waals surface area contributed by atoms with Crippen LogP contribution in [0.5, 0.6) is 5.75 Å². The highest BCUT2D eigenvalue weighted by Gasteiger charge is 2.07. The van der Waals surface area contributed by atoms with Gasteiger partial charge in [0.25, 0.3) is 0 Å². The fourth-order valence-corrected chi connectivity index (χ4v) is 1.93. The molecule has 0 heterocycles. The van der Waals surface area contributed by atoms with Crippen molar-refractivity contribution in [2.24, 2.45) is 4.99 Å². The zero-order chi connectivity index (χ0) is 15.0. The maximum atomic E-state index is 5.94. The molecule has 0 saturated heterocycles. The number of hydrogen-bond donors (Lipinski definition) is 2. The Kier molecular flexibility index (Phi) is 7.18. The molecule has 1 aromatic carbocycles. The first-order valence-electron chi connectivity index (χ1n) is 6.39. The molecule has 0 aromatic heterocycles. The first-order valence-corrected chi connectivity index (χ1v) is 6.77. The summed E-state index contributed by atoms with van der Waals surface area (Å²) in [5, 5.41) is 7.12. The number of methoxy groups -OCH3 is 2. The molecule has 0 radical (unpaired) electrons. The molecule has 0 aliphatic carbocycles. The van der Waals surface area contributed by atoms with Gasteiger partial charge in [0, 0.05) is 37.3 Å². The average molecular weight is 300 g/mol. The van der Waals surface area contributed by atoms with Gasteiger partial charge in [-0.25, -0.2) is 0 Å². The van der Waals surface area contributed by atoms with Gasteiger partial charge in [-0.2, -0.15) is 0 Å². The number of ether oxygens (including phenoxy) is 2. The second-order valence-electron chi connectivity index (χ2n) is 4.38. The monoisotopic (exact) mass is 299 g/mol. The molecule has 1 unspecified atom stereocenters. The Balaban J connectivity index is 2.61. The SMILES string of the molecule is CN=C(NCc1ccc(Cl)cc1OC)NC(C)COC. The van der Waals surface area contributed by atoms with Gasteiger partial charge in [0.05, 0.1) is 13.7 Å². The Labute approximate surface area is 125 Å². The zero-order valence-corrected chi connectivity index (χ0v) is 13.1. The molecule has 6 heteroatoms. The predicted octanol–water partition coefficient (Wildman–Crippen LogP) is 2.05. The van der Waals surface area contributed by atoms with Gasteiger partial charge >= 0.3 is 0 Å². The lowest BCUT2D eigenvalue weighted by molar-refractivity contribution is 0.179. The highest BCUT2D eigenvalue weighted by Crippen LogP contribution is 2.22. The molecule has 1 aromatic rings. The first kappa shape index (κ1) is 16.6. The van der Waals surface area contributed by atoms with Crippen LogP contribution in [0.1, 0.15) is 12.5 Å². The zero-order valence-electron chi connectivity index (χ0n) is 12.4. The van der Waals surface area contributed by atoms with Crippen LogP contribution < -0.4 is 15.4 Å². The Morgan fingerprint density at radius 3 is 2.75 bits per heavy atom. The van der Waals surface area contributed by atoms with Gasteiger partial charge in [-0.1, -0.05) is 17.7 Å². The summed E-state index contributed by atoms with van der Waals surface area (Å²) in [6.45, 7) is 3.24. The fourth-order valence-electron chi connectivity index (χ4n) is 1.76. The summed E-state index contributed by atoms with van der Waals surface area (Å²) >= 11 is 5.94. The molecule has 20 heavy (non-hydrogen) atoms. The summed E-state index contributed by atoms with van der Waals surface area (Å²) < 4.78 is 10.4. The normalized spacial score (nSPS) is 12.9. The minimum absolute atomic E-state index is 0.179. The van der Waals surface area contributed by atoms with Gasteiger partial charge in [-0.15, -0.1) is 0 Å². The smallest absolute Gasteiger partial charge is 0.191 e. The minimum Gasteiger partial charge on any atom is -0.496 e. The minimum atomic E-state index is 0.179. The van der Waals surface area contributed by atoms with Crippen molar-refractivity contribution in [2.75, 3.05) is 27.9 Å². The Bertz CT molecular complexity index is 452. The van der Waals surface area contributed by atoms with E-state index in [1.165, 1.54) is 0 Å². The first-order chi connectivity index (χ1) is 9.60. The van der Waals surface area contributed by atoms with Crippen molar-refractivity contribution < 1.29 is 9.47 Å². The van der Waals surface area contributed by atoms with E-state index in [0.29, 0.717) is 24.1 Å². The Morgan fingerprint density at radius 2 is 2.15 bits per heavy atom. The van der Waals surface area contributed by atoms with Crippen LogP contribution in [0.4, 0.5) is 0 Å². The topological polar surface area (TPSA) is 54.9 Å². The molecule has 1 rings (SSSR count). The predicted molar refractivity (Wildman–Crippen MR) is 82.7 cm³/mol. The number of guanidine groups is 1. The standard InChI is InChI=1S/C14H22ClN3O2/c1-10(9-19-3)18-14(16-2)17-8-11-5-6-12(15)7-13(11)20-4/h5-7,10H,8-9H2,1-4H3,(H2,16,17,18). The third kappa shape index (κ3) is 5.27. The van der Waals surface area contributed by atoms with Crippen LogP contribution in [0.15, 0.2) is 23.2 Å². The van der Waals surface area contributed by atoms with Gasteiger partial charge in [0.15, 0.2) is 5.96 Å². The number of nitrogens with zero attached hydrogens (tertiary/aromatic N) is 1. The number of halogens is 1. The third-order valence-corrected chi connectivity index (χ3v) is 2.95. The average Bonchev–Trinajstić information content (AvgIpc) is 2.44. The third-order valence-electron chi connectivity index (χ3n) is 2.72. The Hall–Kier alpha value is -1.46. The fraction of sp³-hybridized carbons (Fsp3) is 0.500. The summed E-state index contributed by atoms with van der Waals surface area (Å²) in [5.74, 6) is 1.47. The number of hydrogen-bond acceptors (Lipinski definition) is 3. The summed E-state index contributed by atoms with van der Waals surface area (Å²) in [6, 6.07) is 5.74. The van der Waals surface area contributed by atoms with E-state index < -0.39 is 0 Å². The maximum absolute atomic E-state index is 5.94. The number of nitrogens with one attached hydrogen (secondary N) is 2. The lowest BCUT2D eigenvalue weighted by Gasteiger charge is -2.18. The van der Waals surface area contributed by atoms with Gasteiger partial charge in [0.1, 0.15) is 5.75 Å². The van der Waals surface area contributed by atoms with Crippen LogP contribution in [-0.2, 0) is 11.3 Å². The van der Waals surface area contributed by atoms with Crippen LogP contribution >= 0.6 is 11.6 Å². The molecule has 0 bridgehead atoms. The molecule has 5 nitrogen and oxygen atoms in total. The van der Waals surface area contributed by atoms with Crippen LogP contribution in [-0.4, -0.2) is 39.9 Å². The molecule has 0 fully saturated rings. The van der Waals surface area contributed by atoms with E-state index in [-0.39, 0.29) is 6.04 Å². The molecule has 112 valence electrons. The largest absolute Gasteiger partial charge is 0.496 e. The molecule has 0 saturated carbocycles. The number of aliphatic imine (C=N–C) groups is 1. The van der Waals surface area contributed by atoms with Gasteiger partial charge < -0.3 is 20.1 Å². The molecule has 0 aliphatic heterocycles. The van der Waals surface area contributed by atoms with Gasteiger partial charge in [0.2, 0.25) is 0 Å². The maximum Gasteiger partial charge on any atom is 0.191 e. The van der Waals surface area contributed by atoms with E-state index >= 15 is 0 Å². The van der Waals surface area contributed by atoms with Crippen LogP contribution in [0, 0.1) is 0 Å². The molecular formula is C14H22ClN3O2. The lowest BCUT2D eigenvalue weighted by atomic mass is 10.2. The molecule has 0 amide bonds. The summed E-state index contributed by atoms with van der Waals surface area (Å²) in [7, 11) is 5.03. The Morgan fingerprint density at radius 1 is 1.40 bits per heavy atom. The van der Waals surface area contributed by atoms with E-state index in [4.69, 9.17) is 21.1 Å². The van der Waals surface area contributed by atoms with E-state index in [2.05, 4.69) is 15.6 Å². The summed E-state index contributed by atoms with van der Waals surface area (Å²) in [5.41, 5.74) is 1.01. The van der Waals surface area contributed by atoms with Crippen molar-refractivity contribution in [3.63, 3.8) is 0 Å². The van der Waals surface area contributed by atoms with E-state index in [1.807, 2.05) is 19.1 Å². The molecule has 2 N–H and O–H groups in total. The van der Waals surface area contributed by atoms with Crippen LogP contribution in [0.25, 0.3) is 0 Å². The van der Waals surface area contributed by atoms with Crippen LogP contribution in [0.2, 0.25) is 5.02 Å². The quantitative estimate of drug-likeness (QED) is 0.623. The van der Waals surface area contributed by atoms with Crippen LogP contribution in [0.3, 0.4) is 0 Å². The van der Waals surface area contributed by atoms with Gasteiger partial charge in [-0.05, 0) is 19.1 Å². The van der Waals surface area contributed by atoms with Crippen molar-refractivity contribution >= 4 is 17.6 Å². The van der Waals surface area contributed by atoms with Crippen molar-refractivity contribution in [3.05, 3.63) is 28.8 Å². The van der Waals surface area contributed by atoms with E-state index in [0.717, 1.165) is 11.3 Å². The van der Waals surface area contributed by atoms with Crippen molar-refractivity contribution in [3.8, 4) is 5.75 Å². The second kappa shape index (κ2) is 8.66. The molecule has 1 atom stereocenters. The van der Waals surface area contributed by atoms with Crippen molar-refractivity contribution in [2.45, 2.75) is 19.5 Å². The van der Waals surface area contributed by atoms with Crippen molar-refractivity contribution in [1.29, 1.82) is 0 Å². The second-order valence-corrected chi connectivity index (χ2v) is 4.82. The van der Waals surface area contributed by atoms with E-state index in [1.54, 1.807) is 27.3 Å².